The minimum Gasteiger partial charge on any atom is -0.384 e. The number of aliphatic imine (C=N–C) groups is 1. The molecule has 0 bridgehead atoms. The third-order valence-corrected chi connectivity index (χ3v) is 1.75. The van der Waals surface area contributed by atoms with E-state index in [1.165, 1.54) is 0 Å². The molecule has 90 valence electrons. The fourth-order valence-corrected chi connectivity index (χ4v) is 1.01. The Balaban J connectivity index is 3.77. The summed E-state index contributed by atoms with van der Waals surface area (Å²) in [7, 11) is 3.33. The average Bonchev–Trinajstić information content (AvgIpc) is 2.23. The molecule has 1 unspecified atom stereocenters. The third kappa shape index (κ3) is 8.17. The van der Waals surface area contributed by atoms with Crippen LogP contribution >= 0.6 is 0 Å². The van der Waals surface area contributed by atoms with Crippen molar-refractivity contribution >= 4 is 5.96 Å². The van der Waals surface area contributed by atoms with Crippen LogP contribution in [-0.4, -0.2) is 46.5 Å². The van der Waals surface area contributed by atoms with E-state index in [4.69, 9.17) is 15.3 Å². The van der Waals surface area contributed by atoms with Crippen molar-refractivity contribution in [1.82, 2.24) is 10.7 Å². The van der Waals surface area contributed by atoms with Gasteiger partial charge in [0, 0.05) is 27.3 Å². The molecule has 0 aliphatic rings. The number of guanidine groups is 1. The van der Waals surface area contributed by atoms with Crippen LogP contribution in [0.2, 0.25) is 0 Å². The first-order valence-electron chi connectivity index (χ1n) is 4.97. The first-order chi connectivity index (χ1) is 7.24. The molecule has 1 atom stereocenters. The van der Waals surface area contributed by atoms with Gasteiger partial charge in [0.25, 0.3) is 0 Å². The Morgan fingerprint density at radius 3 is 2.67 bits per heavy atom. The highest BCUT2D eigenvalue weighted by molar-refractivity contribution is 5.79. The summed E-state index contributed by atoms with van der Waals surface area (Å²) in [5, 5.41) is 3.02. The second kappa shape index (κ2) is 9.70. The molecule has 6 heteroatoms. The fourth-order valence-electron chi connectivity index (χ4n) is 1.01. The number of methoxy groups -OCH3 is 2. The van der Waals surface area contributed by atoms with Crippen molar-refractivity contribution in [2.24, 2.45) is 16.8 Å². The van der Waals surface area contributed by atoms with Crippen molar-refractivity contribution in [3.63, 3.8) is 0 Å². The second-order valence-corrected chi connectivity index (χ2v) is 3.31. The summed E-state index contributed by atoms with van der Waals surface area (Å²) in [4.78, 5) is 4.27. The highest BCUT2D eigenvalue weighted by atomic mass is 16.5. The Labute approximate surface area is 91.2 Å². The molecular weight excluding hydrogens is 196 g/mol. The predicted octanol–water partition coefficient (Wildman–Crippen LogP) is -0.676. The van der Waals surface area contributed by atoms with E-state index in [2.05, 4.69) is 22.7 Å². The summed E-state index contributed by atoms with van der Waals surface area (Å²) in [6, 6.07) is 0. The molecule has 6 nitrogen and oxygen atoms in total. The van der Waals surface area contributed by atoms with Gasteiger partial charge in [0.05, 0.1) is 13.2 Å². The van der Waals surface area contributed by atoms with Crippen LogP contribution in [0.25, 0.3) is 0 Å². The summed E-state index contributed by atoms with van der Waals surface area (Å²) in [5.41, 5.74) is 2.50. The summed E-state index contributed by atoms with van der Waals surface area (Å²) in [6.45, 7) is 4.73. The molecule has 0 radical (unpaired) electrons. The molecule has 15 heavy (non-hydrogen) atoms. The van der Waals surface area contributed by atoms with Crippen molar-refractivity contribution in [1.29, 1.82) is 0 Å². The highest BCUT2D eigenvalue weighted by Gasteiger charge is 2.01. The van der Waals surface area contributed by atoms with E-state index < -0.39 is 0 Å². The standard InChI is InChI=1S/C9H22N4O2/c1-8(7-15-3)6-12-9(13-10)11-4-5-14-2/h8H,4-7,10H2,1-3H3,(H2,11,12,13). The van der Waals surface area contributed by atoms with Gasteiger partial charge in [-0.1, -0.05) is 6.92 Å². The number of nitrogens with one attached hydrogen (secondary N) is 2. The molecule has 4 N–H and O–H groups in total. The van der Waals surface area contributed by atoms with Crippen molar-refractivity contribution in [3.05, 3.63) is 0 Å². The van der Waals surface area contributed by atoms with Crippen LogP contribution in [-0.2, 0) is 9.47 Å². The molecule has 0 heterocycles. The number of rotatable bonds is 7. The monoisotopic (exact) mass is 218 g/mol. The van der Waals surface area contributed by atoms with Crippen LogP contribution in [0.15, 0.2) is 4.99 Å². The largest absolute Gasteiger partial charge is 0.384 e. The van der Waals surface area contributed by atoms with Crippen LogP contribution in [0.3, 0.4) is 0 Å². The van der Waals surface area contributed by atoms with E-state index >= 15 is 0 Å². The molecule has 0 saturated heterocycles. The Morgan fingerprint density at radius 2 is 2.13 bits per heavy atom. The van der Waals surface area contributed by atoms with Gasteiger partial charge in [0.15, 0.2) is 0 Å². The fraction of sp³-hybridized carbons (Fsp3) is 0.889. The van der Waals surface area contributed by atoms with E-state index in [1.54, 1.807) is 14.2 Å². The SMILES string of the molecule is COCCNC(=NCC(C)COC)NN. The van der Waals surface area contributed by atoms with Gasteiger partial charge in [-0.25, -0.2) is 5.84 Å². The molecule has 0 fully saturated rings. The Kier molecular flexibility index (Phi) is 9.15. The summed E-state index contributed by atoms with van der Waals surface area (Å²) < 4.78 is 9.90. The quantitative estimate of drug-likeness (QED) is 0.173. The Morgan fingerprint density at radius 1 is 1.40 bits per heavy atom. The lowest BCUT2D eigenvalue weighted by Gasteiger charge is -2.11. The van der Waals surface area contributed by atoms with Crippen LogP contribution in [0, 0.1) is 5.92 Å². The van der Waals surface area contributed by atoms with E-state index in [0.717, 1.165) is 0 Å². The Hall–Kier alpha value is -0.850. The molecule has 0 aliphatic carbocycles. The van der Waals surface area contributed by atoms with Crippen LogP contribution in [0.4, 0.5) is 0 Å². The lowest BCUT2D eigenvalue weighted by Crippen LogP contribution is -2.43. The molecule has 0 aromatic carbocycles. The summed E-state index contributed by atoms with van der Waals surface area (Å²) in [6.07, 6.45) is 0. The lowest BCUT2D eigenvalue weighted by atomic mass is 10.2. The third-order valence-electron chi connectivity index (χ3n) is 1.75. The molecule has 0 aromatic heterocycles. The molecule has 0 saturated carbocycles. The molecular formula is C9H22N4O2. The predicted molar refractivity (Wildman–Crippen MR) is 60.5 cm³/mol. The molecule has 0 amide bonds. The highest BCUT2D eigenvalue weighted by Crippen LogP contribution is 1.94. The van der Waals surface area contributed by atoms with Gasteiger partial charge < -0.3 is 14.8 Å². The molecule has 0 spiro atoms. The van der Waals surface area contributed by atoms with Gasteiger partial charge >= 0.3 is 0 Å². The van der Waals surface area contributed by atoms with Crippen molar-refractivity contribution < 1.29 is 9.47 Å². The number of nitrogens with two attached hydrogens (primary N) is 1. The van der Waals surface area contributed by atoms with Crippen LogP contribution in [0.1, 0.15) is 6.92 Å². The lowest BCUT2D eigenvalue weighted by molar-refractivity contribution is 0.163. The number of hydrogen-bond donors (Lipinski definition) is 3. The molecule has 0 rings (SSSR count). The summed E-state index contributed by atoms with van der Waals surface area (Å²) >= 11 is 0. The van der Waals surface area contributed by atoms with Crippen molar-refractivity contribution in [2.75, 3.05) is 40.5 Å². The molecule has 0 aromatic rings. The van der Waals surface area contributed by atoms with Crippen molar-refractivity contribution in [2.45, 2.75) is 6.92 Å². The van der Waals surface area contributed by atoms with E-state index in [0.29, 0.717) is 38.2 Å². The maximum absolute atomic E-state index is 5.30. The van der Waals surface area contributed by atoms with E-state index in [-0.39, 0.29) is 0 Å². The topological polar surface area (TPSA) is 80.9 Å². The zero-order valence-corrected chi connectivity index (χ0v) is 9.75. The van der Waals surface area contributed by atoms with Gasteiger partial charge in [0.2, 0.25) is 5.96 Å². The van der Waals surface area contributed by atoms with Gasteiger partial charge in [-0.3, -0.25) is 10.4 Å². The average molecular weight is 218 g/mol. The number of hydrazine groups is 1. The van der Waals surface area contributed by atoms with Gasteiger partial charge in [-0.15, -0.1) is 0 Å². The zero-order chi connectivity index (χ0) is 11.5. The normalized spacial score (nSPS) is 13.7. The number of ether oxygens (including phenoxy) is 2. The van der Waals surface area contributed by atoms with E-state index in [1.807, 2.05) is 0 Å². The van der Waals surface area contributed by atoms with Gasteiger partial charge in [-0.05, 0) is 5.92 Å². The first-order valence-corrected chi connectivity index (χ1v) is 4.97. The second-order valence-electron chi connectivity index (χ2n) is 3.31. The number of nitrogens with zero attached hydrogens (tertiary/aromatic N) is 1. The van der Waals surface area contributed by atoms with Crippen molar-refractivity contribution in [3.8, 4) is 0 Å². The first kappa shape index (κ1) is 14.2. The van der Waals surface area contributed by atoms with Gasteiger partial charge in [0.1, 0.15) is 0 Å². The van der Waals surface area contributed by atoms with Gasteiger partial charge in [-0.2, -0.15) is 0 Å². The molecule has 0 aliphatic heterocycles. The van der Waals surface area contributed by atoms with Crippen LogP contribution in [0.5, 0.6) is 0 Å². The smallest absolute Gasteiger partial charge is 0.205 e. The minimum absolute atomic E-state index is 0.377. The van der Waals surface area contributed by atoms with Crippen LogP contribution < -0.4 is 16.6 Å². The Bertz CT molecular complexity index is 175. The zero-order valence-electron chi connectivity index (χ0n) is 9.75. The van der Waals surface area contributed by atoms with E-state index in [9.17, 15) is 0 Å². The maximum Gasteiger partial charge on any atom is 0.205 e. The minimum atomic E-state index is 0.377. The summed E-state index contributed by atoms with van der Waals surface area (Å²) in [5.74, 6) is 6.26. The number of hydrogen-bond acceptors (Lipinski definition) is 4. The maximum atomic E-state index is 5.30.